The SMILES string of the molecule is Cc1ccc([C@@H](C)NCc2ccc(-c3ccc(Cl)c(C(=O)N[C@@H](CO)Cc4ccc(C(=O)O)c(C)c4)c3)o2)cc1. The minimum Gasteiger partial charge on any atom is -0.478 e. The van der Waals surface area contributed by atoms with Crippen LogP contribution in [0.1, 0.15) is 61.7 Å². The zero-order chi connectivity index (χ0) is 28.8. The molecule has 1 heterocycles. The molecule has 0 saturated carbocycles. The minimum atomic E-state index is -0.998. The second kappa shape index (κ2) is 13.0. The van der Waals surface area contributed by atoms with E-state index < -0.39 is 17.9 Å². The van der Waals surface area contributed by atoms with Crippen LogP contribution in [-0.4, -0.2) is 34.7 Å². The van der Waals surface area contributed by atoms with Gasteiger partial charge in [-0.1, -0.05) is 53.6 Å². The Morgan fingerprint density at radius 2 is 1.70 bits per heavy atom. The number of carbonyl (C=O) groups excluding carboxylic acids is 1. The lowest BCUT2D eigenvalue weighted by Gasteiger charge is -2.18. The van der Waals surface area contributed by atoms with E-state index in [-0.39, 0.29) is 28.8 Å². The molecule has 4 N–H and O–H groups in total. The van der Waals surface area contributed by atoms with Gasteiger partial charge in [0.2, 0.25) is 0 Å². The van der Waals surface area contributed by atoms with Gasteiger partial charge in [-0.15, -0.1) is 0 Å². The van der Waals surface area contributed by atoms with Crippen molar-refractivity contribution in [3.63, 3.8) is 0 Å². The molecule has 2 atom stereocenters. The molecular formula is C32H33ClN2O5. The molecule has 0 unspecified atom stereocenters. The standard InChI is InChI=1S/C32H33ClN2O5/c1-19-4-7-23(8-5-19)21(3)34-17-26-10-13-30(40-26)24-9-12-29(33)28(16-24)31(37)35-25(18-36)15-22-6-11-27(32(38)39)20(2)14-22/h4-14,16,21,25,34,36H,15,17-18H2,1-3H3,(H,35,37)(H,38,39)/t21-,25-/m1/s1. The molecule has 0 spiro atoms. The lowest BCUT2D eigenvalue weighted by Crippen LogP contribution is -2.39. The van der Waals surface area contributed by atoms with Crippen molar-refractivity contribution >= 4 is 23.5 Å². The maximum Gasteiger partial charge on any atom is 0.335 e. The van der Waals surface area contributed by atoms with Crippen LogP contribution in [0, 0.1) is 13.8 Å². The summed E-state index contributed by atoms with van der Waals surface area (Å²) >= 11 is 6.37. The first-order valence-electron chi connectivity index (χ1n) is 13.1. The van der Waals surface area contributed by atoms with E-state index in [1.54, 1.807) is 37.3 Å². The average molecular weight is 561 g/mol. The van der Waals surface area contributed by atoms with Gasteiger partial charge in [-0.05, 0) is 80.3 Å². The Labute approximate surface area is 238 Å². The second-order valence-corrected chi connectivity index (χ2v) is 10.4. The number of hydrogen-bond acceptors (Lipinski definition) is 5. The number of aromatic carboxylic acids is 1. The molecule has 40 heavy (non-hydrogen) atoms. The van der Waals surface area contributed by atoms with Crippen LogP contribution in [-0.2, 0) is 13.0 Å². The Kier molecular flexibility index (Phi) is 9.42. The molecule has 0 radical (unpaired) electrons. The van der Waals surface area contributed by atoms with Crippen molar-refractivity contribution in [3.8, 4) is 11.3 Å². The van der Waals surface area contributed by atoms with Crippen LogP contribution in [0.2, 0.25) is 5.02 Å². The van der Waals surface area contributed by atoms with Crippen LogP contribution >= 0.6 is 11.6 Å². The summed E-state index contributed by atoms with van der Waals surface area (Å²) in [5.74, 6) is -0.0508. The Morgan fingerprint density at radius 1 is 0.950 bits per heavy atom. The van der Waals surface area contributed by atoms with Gasteiger partial charge in [0.15, 0.2) is 0 Å². The summed E-state index contributed by atoms with van der Waals surface area (Å²) in [6, 6.07) is 21.8. The summed E-state index contributed by atoms with van der Waals surface area (Å²) in [6.07, 6.45) is 0.329. The highest BCUT2D eigenvalue weighted by atomic mass is 35.5. The van der Waals surface area contributed by atoms with Crippen molar-refractivity contribution in [3.05, 3.63) is 117 Å². The zero-order valence-electron chi connectivity index (χ0n) is 22.7. The molecule has 7 nitrogen and oxygen atoms in total. The fourth-order valence-corrected chi connectivity index (χ4v) is 4.71. The third kappa shape index (κ3) is 7.18. The maximum atomic E-state index is 13.1. The first-order chi connectivity index (χ1) is 19.1. The van der Waals surface area contributed by atoms with Gasteiger partial charge in [0.1, 0.15) is 11.5 Å². The molecule has 0 aliphatic heterocycles. The molecule has 0 aliphatic rings. The number of carbonyl (C=O) groups is 2. The number of hydrogen-bond donors (Lipinski definition) is 4. The second-order valence-electron chi connectivity index (χ2n) is 9.99. The van der Waals surface area contributed by atoms with E-state index in [0.717, 1.165) is 11.3 Å². The highest BCUT2D eigenvalue weighted by Gasteiger charge is 2.19. The van der Waals surface area contributed by atoms with Crippen molar-refractivity contribution < 1.29 is 24.2 Å². The number of carboxylic acid groups (broad SMARTS) is 1. The number of amides is 1. The molecule has 0 aliphatic carbocycles. The molecule has 0 bridgehead atoms. The lowest BCUT2D eigenvalue weighted by atomic mass is 10.00. The van der Waals surface area contributed by atoms with E-state index in [0.29, 0.717) is 29.9 Å². The van der Waals surface area contributed by atoms with Crippen molar-refractivity contribution in [2.75, 3.05) is 6.61 Å². The van der Waals surface area contributed by atoms with Gasteiger partial charge in [0.25, 0.3) is 5.91 Å². The Balaban J connectivity index is 1.42. The van der Waals surface area contributed by atoms with Gasteiger partial charge in [0.05, 0.1) is 35.3 Å². The zero-order valence-corrected chi connectivity index (χ0v) is 23.5. The van der Waals surface area contributed by atoms with Crippen LogP contribution in [0.25, 0.3) is 11.3 Å². The van der Waals surface area contributed by atoms with Crippen molar-refractivity contribution in [2.24, 2.45) is 0 Å². The number of carboxylic acids is 1. The van der Waals surface area contributed by atoms with Gasteiger partial charge >= 0.3 is 5.97 Å². The smallest absolute Gasteiger partial charge is 0.335 e. The molecule has 4 rings (SSSR count). The molecule has 4 aromatic rings. The fraction of sp³-hybridized carbons (Fsp3) is 0.250. The van der Waals surface area contributed by atoms with Gasteiger partial charge in [0, 0.05) is 11.6 Å². The Bertz CT molecular complexity index is 1500. The molecule has 1 aromatic heterocycles. The molecule has 8 heteroatoms. The minimum absolute atomic E-state index is 0.151. The van der Waals surface area contributed by atoms with Crippen molar-refractivity contribution in [1.29, 1.82) is 0 Å². The predicted octanol–water partition coefficient (Wildman–Crippen LogP) is 6.10. The summed E-state index contributed by atoms with van der Waals surface area (Å²) in [5, 5.41) is 25.7. The summed E-state index contributed by atoms with van der Waals surface area (Å²) in [4.78, 5) is 24.4. The van der Waals surface area contributed by atoms with Crippen molar-refractivity contribution in [2.45, 2.75) is 45.8 Å². The largest absolute Gasteiger partial charge is 0.478 e. The van der Waals surface area contributed by atoms with E-state index >= 15 is 0 Å². The van der Waals surface area contributed by atoms with Gasteiger partial charge in [-0.2, -0.15) is 0 Å². The topological polar surface area (TPSA) is 112 Å². The van der Waals surface area contributed by atoms with E-state index in [2.05, 4.69) is 48.7 Å². The number of aliphatic hydroxyl groups is 1. The van der Waals surface area contributed by atoms with Crippen LogP contribution in [0.3, 0.4) is 0 Å². The number of nitrogens with one attached hydrogen (secondary N) is 2. The van der Waals surface area contributed by atoms with E-state index in [4.69, 9.17) is 16.0 Å². The van der Waals surface area contributed by atoms with E-state index in [9.17, 15) is 19.8 Å². The summed E-state index contributed by atoms with van der Waals surface area (Å²) in [6.45, 7) is 6.13. The van der Waals surface area contributed by atoms with Crippen molar-refractivity contribution in [1.82, 2.24) is 10.6 Å². The van der Waals surface area contributed by atoms with Crippen LogP contribution in [0.4, 0.5) is 0 Å². The van der Waals surface area contributed by atoms with Gasteiger partial charge < -0.3 is 25.3 Å². The molecule has 208 valence electrons. The number of furan rings is 1. The normalized spacial score (nSPS) is 12.6. The Morgan fingerprint density at radius 3 is 2.38 bits per heavy atom. The number of benzene rings is 3. The molecule has 0 saturated heterocycles. The lowest BCUT2D eigenvalue weighted by molar-refractivity contribution is 0.0695. The number of aryl methyl sites for hydroxylation is 2. The van der Waals surface area contributed by atoms with Gasteiger partial charge in [-0.3, -0.25) is 4.79 Å². The fourth-order valence-electron chi connectivity index (χ4n) is 4.51. The van der Waals surface area contributed by atoms with E-state index in [1.165, 1.54) is 17.2 Å². The molecule has 1 amide bonds. The third-order valence-corrected chi connectivity index (χ3v) is 7.21. The average Bonchev–Trinajstić information content (AvgIpc) is 3.41. The number of aliphatic hydroxyl groups excluding tert-OH is 1. The third-order valence-electron chi connectivity index (χ3n) is 6.88. The number of rotatable bonds is 11. The Hall–Kier alpha value is -3.91. The predicted molar refractivity (Wildman–Crippen MR) is 156 cm³/mol. The summed E-state index contributed by atoms with van der Waals surface area (Å²) in [5.41, 5.74) is 5.01. The summed E-state index contributed by atoms with van der Waals surface area (Å²) in [7, 11) is 0. The maximum absolute atomic E-state index is 13.1. The summed E-state index contributed by atoms with van der Waals surface area (Å²) < 4.78 is 6.05. The first-order valence-corrected chi connectivity index (χ1v) is 13.5. The first kappa shape index (κ1) is 29.1. The van der Waals surface area contributed by atoms with Crippen LogP contribution in [0.15, 0.2) is 77.2 Å². The number of halogens is 1. The molecule has 0 fully saturated rings. The molecule has 3 aromatic carbocycles. The van der Waals surface area contributed by atoms with Crippen LogP contribution < -0.4 is 10.6 Å². The monoisotopic (exact) mass is 560 g/mol. The van der Waals surface area contributed by atoms with E-state index in [1.807, 2.05) is 12.1 Å². The van der Waals surface area contributed by atoms with Crippen LogP contribution in [0.5, 0.6) is 0 Å². The molecular weight excluding hydrogens is 528 g/mol. The van der Waals surface area contributed by atoms with Gasteiger partial charge in [-0.25, -0.2) is 4.79 Å². The highest BCUT2D eigenvalue weighted by molar-refractivity contribution is 6.34. The quantitative estimate of drug-likeness (QED) is 0.176. The highest BCUT2D eigenvalue weighted by Crippen LogP contribution is 2.27.